The summed E-state index contributed by atoms with van der Waals surface area (Å²) in [6.07, 6.45) is 6.12. The molecular weight excluding hydrogens is 188 g/mol. The first-order valence-corrected chi connectivity index (χ1v) is 6.47. The van der Waals surface area contributed by atoms with E-state index in [-0.39, 0.29) is 0 Å². The first-order chi connectivity index (χ1) is 7.40. The van der Waals surface area contributed by atoms with Crippen molar-refractivity contribution < 1.29 is 5.11 Å². The van der Waals surface area contributed by atoms with E-state index in [0.29, 0.717) is 6.61 Å². The maximum atomic E-state index is 8.67. The number of nitrogens with zero attached hydrogens (tertiary/aromatic N) is 1. The van der Waals surface area contributed by atoms with Crippen LogP contribution in [-0.4, -0.2) is 48.8 Å². The van der Waals surface area contributed by atoms with E-state index in [0.717, 1.165) is 31.3 Å². The zero-order valence-corrected chi connectivity index (χ0v) is 9.62. The van der Waals surface area contributed by atoms with Gasteiger partial charge < -0.3 is 15.3 Å². The van der Waals surface area contributed by atoms with Gasteiger partial charge in [0.05, 0.1) is 0 Å². The molecule has 0 aliphatic carbocycles. The van der Waals surface area contributed by atoms with Gasteiger partial charge in [-0.05, 0) is 57.7 Å². The predicted octanol–water partition coefficient (Wildman–Crippen LogP) is 0.833. The Labute approximate surface area is 92.8 Å². The van der Waals surface area contributed by atoms with Gasteiger partial charge in [0.1, 0.15) is 0 Å². The molecule has 0 aromatic heterocycles. The summed E-state index contributed by atoms with van der Waals surface area (Å²) in [5.74, 6) is 0.938. The number of unbranched alkanes of at least 4 members (excludes halogenated alkanes) is 2. The molecular formula is C12H24N2O. The van der Waals surface area contributed by atoms with Crippen LogP contribution in [0.25, 0.3) is 0 Å². The van der Waals surface area contributed by atoms with Crippen molar-refractivity contribution in [3.05, 3.63) is 0 Å². The first kappa shape index (κ1) is 11.4. The van der Waals surface area contributed by atoms with E-state index in [4.69, 9.17) is 5.11 Å². The second-order valence-corrected chi connectivity index (χ2v) is 4.98. The topological polar surface area (TPSA) is 35.5 Å². The van der Waals surface area contributed by atoms with Crippen LogP contribution in [0.4, 0.5) is 0 Å². The maximum absolute atomic E-state index is 8.67. The summed E-state index contributed by atoms with van der Waals surface area (Å²) in [4.78, 5) is 2.59. The Morgan fingerprint density at radius 3 is 2.53 bits per heavy atom. The molecule has 2 N–H and O–H groups in total. The first-order valence-electron chi connectivity index (χ1n) is 6.47. The molecule has 0 spiro atoms. The van der Waals surface area contributed by atoms with Crippen LogP contribution in [0, 0.1) is 5.92 Å². The molecule has 3 aliphatic heterocycles. The lowest BCUT2D eigenvalue weighted by molar-refractivity contribution is 0.0727. The Morgan fingerprint density at radius 1 is 1.13 bits per heavy atom. The molecule has 0 saturated carbocycles. The van der Waals surface area contributed by atoms with Gasteiger partial charge in [-0.3, -0.25) is 0 Å². The van der Waals surface area contributed by atoms with E-state index in [1.54, 1.807) is 0 Å². The zero-order valence-electron chi connectivity index (χ0n) is 9.62. The third-order valence-corrected chi connectivity index (χ3v) is 3.90. The number of aliphatic hydroxyl groups excluding tert-OH is 1. The number of rotatable bonds is 6. The van der Waals surface area contributed by atoms with Gasteiger partial charge in [-0.15, -0.1) is 0 Å². The van der Waals surface area contributed by atoms with Crippen molar-refractivity contribution in [3.63, 3.8) is 0 Å². The van der Waals surface area contributed by atoms with E-state index in [2.05, 4.69) is 10.2 Å². The van der Waals surface area contributed by atoms with E-state index in [1.165, 1.54) is 38.9 Å². The summed E-state index contributed by atoms with van der Waals surface area (Å²) in [7, 11) is 0. The van der Waals surface area contributed by atoms with Gasteiger partial charge >= 0.3 is 0 Å². The van der Waals surface area contributed by atoms with Crippen LogP contribution in [0.3, 0.4) is 0 Å². The molecule has 3 nitrogen and oxygen atoms in total. The molecule has 1 atom stereocenters. The molecule has 88 valence electrons. The number of hydrogen-bond acceptors (Lipinski definition) is 3. The van der Waals surface area contributed by atoms with Crippen molar-refractivity contribution in [1.29, 1.82) is 0 Å². The van der Waals surface area contributed by atoms with Gasteiger partial charge in [0, 0.05) is 19.2 Å². The molecule has 0 aromatic rings. The van der Waals surface area contributed by atoms with E-state index in [9.17, 15) is 0 Å². The third-order valence-electron chi connectivity index (χ3n) is 3.90. The van der Waals surface area contributed by atoms with E-state index < -0.39 is 0 Å². The van der Waals surface area contributed by atoms with Crippen molar-refractivity contribution in [2.45, 2.75) is 38.1 Å². The van der Waals surface area contributed by atoms with Gasteiger partial charge in [0.2, 0.25) is 0 Å². The van der Waals surface area contributed by atoms with Crippen LogP contribution in [0.15, 0.2) is 0 Å². The quantitative estimate of drug-likeness (QED) is 0.640. The zero-order chi connectivity index (χ0) is 10.5. The summed E-state index contributed by atoms with van der Waals surface area (Å²) in [6.45, 7) is 5.40. The highest BCUT2D eigenvalue weighted by atomic mass is 16.2. The monoisotopic (exact) mass is 212 g/mol. The minimum Gasteiger partial charge on any atom is -0.396 e. The van der Waals surface area contributed by atoms with Crippen molar-refractivity contribution >= 4 is 0 Å². The highest BCUT2D eigenvalue weighted by Gasteiger charge is 2.33. The number of fused-ring (bicyclic) bond motifs is 3. The fourth-order valence-corrected chi connectivity index (χ4v) is 2.90. The molecule has 2 bridgehead atoms. The minimum absolute atomic E-state index is 0.347. The normalized spacial score (nSPS) is 34.6. The van der Waals surface area contributed by atoms with E-state index >= 15 is 0 Å². The number of nitrogens with one attached hydrogen (secondary N) is 1. The average molecular weight is 212 g/mol. The summed E-state index contributed by atoms with van der Waals surface area (Å²) in [5.41, 5.74) is 0. The molecule has 3 rings (SSSR count). The summed E-state index contributed by atoms with van der Waals surface area (Å²) < 4.78 is 0. The van der Waals surface area contributed by atoms with Crippen molar-refractivity contribution in [1.82, 2.24) is 10.2 Å². The number of piperidine rings is 3. The van der Waals surface area contributed by atoms with Crippen LogP contribution in [0.2, 0.25) is 0 Å². The summed E-state index contributed by atoms with van der Waals surface area (Å²) in [5, 5.41) is 12.4. The molecule has 0 aromatic carbocycles. The Bertz CT molecular complexity index is 178. The average Bonchev–Trinajstić information content (AvgIpc) is 2.30. The molecule has 15 heavy (non-hydrogen) atoms. The summed E-state index contributed by atoms with van der Waals surface area (Å²) in [6, 6.07) is 0.752. The van der Waals surface area contributed by atoms with Gasteiger partial charge in [0.15, 0.2) is 0 Å². The minimum atomic E-state index is 0.347. The molecule has 3 fully saturated rings. The highest BCUT2D eigenvalue weighted by Crippen LogP contribution is 2.27. The fraction of sp³-hybridized carbons (Fsp3) is 1.00. The van der Waals surface area contributed by atoms with Crippen molar-refractivity contribution in [3.8, 4) is 0 Å². The van der Waals surface area contributed by atoms with Crippen LogP contribution >= 0.6 is 0 Å². The van der Waals surface area contributed by atoms with E-state index in [1.807, 2.05) is 0 Å². The standard InChI is InChI=1S/C12H24N2O/c15-9-3-1-2-6-13-12-10-14-7-4-11(12)5-8-14/h11-13,15H,1-10H2. The van der Waals surface area contributed by atoms with Crippen molar-refractivity contribution in [2.75, 3.05) is 32.8 Å². The molecule has 3 aliphatic rings. The predicted molar refractivity (Wildman–Crippen MR) is 61.9 cm³/mol. The lowest BCUT2D eigenvalue weighted by atomic mass is 9.84. The fourth-order valence-electron chi connectivity index (χ4n) is 2.90. The summed E-state index contributed by atoms with van der Waals surface area (Å²) >= 11 is 0. The van der Waals surface area contributed by atoms with Crippen molar-refractivity contribution in [2.24, 2.45) is 5.92 Å². The Hall–Kier alpha value is -0.120. The van der Waals surface area contributed by atoms with Gasteiger partial charge in [-0.2, -0.15) is 0 Å². The second kappa shape index (κ2) is 5.83. The maximum Gasteiger partial charge on any atom is 0.0431 e. The molecule has 3 heteroatoms. The Morgan fingerprint density at radius 2 is 1.93 bits per heavy atom. The van der Waals surface area contributed by atoms with Gasteiger partial charge in [-0.1, -0.05) is 0 Å². The van der Waals surface area contributed by atoms with Crippen LogP contribution < -0.4 is 5.32 Å². The van der Waals surface area contributed by atoms with Crippen LogP contribution in [0.5, 0.6) is 0 Å². The van der Waals surface area contributed by atoms with Crippen LogP contribution in [0.1, 0.15) is 32.1 Å². The molecule has 1 unspecified atom stereocenters. The smallest absolute Gasteiger partial charge is 0.0431 e. The molecule has 0 amide bonds. The lowest BCUT2D eigenvalue weighted by Gasteiger charge is -2.45. The molecule has 3 heterocycles. The molecule has 0 radical (unpaired) electrons. The van der Waals surface area contributed by atoms with Gasteiger partial charge in [-0.25, -0.2) is 0 Å². The van der Waals surface area contributed by atoms with Crippen LogP contribution in [-0.2, 0) is 0 Å². The Kier molecular flexibility index (Phi) is 4.42. The number of hydrogen-bond donors (Lipinski definition) is 2. The third kappa shape index (κ3) is 3.16. The van der Waals surface area contributed by atoms with Gasteiger partial charge in [0.25, 0.3) is 0 Å². The second-order valence-electron chi connectivity index (χ2n) is 4.98. The largest absolute Gasteiger partial charge is 0.396 e. The Balaban J connectivity index is 1.59. The highest BCUT2D eigenvalue weighted by molar-refractivity contribution is 4.90. The number of aliphatic hydroxyl groups is 1. The SMILES string of the molecule is OCCCCCNC1CN2CCC1CC2. The molecule has 3 saturated heterocycles. The lowest BCUT2D eigenvalue weighted by Crippen LogP contribution is -2.56.